The molecule has 144 valence electrons. The molecule has 0 saturated carbocycles. The van der Waals surface area contributed by atoms with Gasteiger partial charge in [0.15, 0.2) is 11.0 Å². The highest BCUT2D eigenvalue weighted by molar-refractivity contribution is 7.98. The lowest BCUT2D eigenvalue weighted by Crippen LogP contribution is -2.22. The van der Waals surface area contributed by atoms with Gasteiger partial charge >= 0.3 is 0 Å². The Morgan fingerprint density at radius 3 is 2.71 bits per heavy atom. The van der Waals surface area contributed by atoms with Gasteiger partial charge in [-0.1, -0.05) is 53.7 Å². The summed E-state index contributed by atoms with van der Waals surface area (Å²) in [5, 5.41) is 12.4. The molecule has 5 nitrogen and oxygen atoms in total. The quantitative estimate of drug-likeness (QED) is 0.462. The number of amides is 1. The highest BCUT2D eigenvalue weighted by Crippen LogP contribution is 2.21. The Balaban J connectivity index is 1.53. The summed E-state index contributed by atoms with van der Waals surface area (Å²) in [6.07, 6.45) is 3.10. The lowest BCUT2D eigenvalue weighted by molar-refractivity contribution is -0.116. The van der Waals surface area contributed by atoms with Crippen molar-refractivity contribution in [2.24, 2.45) is 7.05 Å². The molecule has 1 amide bonds. The molecule has 0 spiro atoms. The molecule has 0 aliphatic carbocycles. The van der Waals surface area contributed by atoms with E-state index in [1.165, 1.54) is 30.0 Å². The van der Waals surface area contributed by atoms with Crippen molar-refractivity contribution in [3.63, 3.8) is 0 Å². The van der Waals surface area contributed by atoms with Crippen LogP contribution in [0.2, 0.25) is 5.02 Å². The number of hydrogen-bond acceptors (Lipinski definition) is 4. The Morgan fingerprint density at radius 1 is 1.21 bits per heavy atom. The van der Waals surface area contributed by atoms with E-state index >= 15 is 0 Å². The number of aromatic nitrogens is 3. The predicted octanol–water partition coefficient (Wildman–Crippen LogP) is 4.23. The van der Waals surface area contributed by atoms with E-state index in [0.29, 0.717) is 16.6 Å². The first-order valence-corrected chi connectivity index (χ1v) is 9.85. The molecule has 8 heteroatoms. The number of halogens is 2. The Morgan fingerprint density at radius 2 is 1.96 bits per heavy atom. The molecule has 0 aliphatic heterocycles. The topological polar surface area (TPSA) is 59.8 Å². The largest absolute Gasteiger partial charge is 0.345 e. The molecule has 0 atom stereocenters. The van der Waals surface area contributed by atoms with Crippen LogP contribution in [0.3, 0.4) is 0 Å². The third kappa shape index (κ3) is 5.43. The third-order valence-electron chi connectivity index (χ3n) is 3.95. The molecular formula is C20H18ClFN4OS. The van der Waals surface area contributed by atoms with Gasteiger partial charge in [0.1, 0.15) is 5.82 Å². The number of carbonyl (C=O) groups is 1. The molecule has 1 heterocycles. The maximum Gasteiger partial charge on any atom is 0.244 e. The molecule has 0 radical (unpaired) electrons. The molecule has 0 unspecified atom stereocenters. The van der Waals surface area contributed by atoms with E-state index in [2.05, 4.69) is 15.5 Å². The number of thioether (sulfide) groups is 1. The molecule has 1 aromatic heterocycles. The lowest BCUT2D eigenvalue weighted by atomic mass is 10.2. The average molecular weight is 417 g/mol. The van der Waals surface area contributed by atoms with Crippen molar-refractivity contribution >= 4 is 35.3 Å². The van der Waals surface area contributed by atoms with Crippen LogP contribution in [0.5, 0.6) is 0 Å². The summed E-state index contributed by atoms with van der Waals surface area (Å²) in [5.74, 6) is 0.790. The number of hydrogen-bond donors (Lipinski definition) is 1. The van der Waals surface area contributed by atoms with E-state index in [4.69, 9.17) is 11.6 Å². The van der Waals surface area contributed by atoms with Gasteiger partial charge in [-0.3, -0.25) is 4.79 Å². The van der Waals surface area contributed by atoms with E-state index in [-0.39, 0.29) is 18.3 Å². The van der Waals surface area contributed by atoms with Crippen LogP contribution in [0, 0.1) is 5.82 Å². The second kappa shape index (κ2) is 9.52. The molecule has 0 aliphatic rings. The van der Waals surface area contributed by atoms with Crippen LogP contribution >= 0.6 is 23.4 Å². The fourth-order valence-electron chi connectivity index (χ4n) is 2.35. The standard InChI is InChI=1S/C20H18ClFN4OS/c1-26-18(12-23-19(27)11-8-15-4-2-3-5-17(15)21)24-25-20(26)28-13-14-6-9-16(22)10-7-14/h2-11H,12-13H2,1H3,(H,23,27). The molecule has 0 saturated heterocycles. The summed E-state index contributed by atoms with van der Waals surface area (Å²) < 4.78 is 14.8. The first-order valence-electron chi connectivity index (χ1n) is 8.49. The van der Waals surface area contributed by atoms with Crippen molar-refractivity contribution in [3.05, 3.63) is 82.4 Å². The van der Waals surface area contributed by atoms with Crippen molar-refractivity contribution in [1.82, 2.24) is 20.1 Å². The molecule has 3 aromatic rings. The average Bonchev–Trinajstić information content (AvgIpc) is 3.05. The Kier molecular flexibility index (Phi) is 6.84. The van der Waals surface area contributed by atoms with Crippen molar-refractivity contribution in [3.8, 4) is 0 Å². The van der Waals surface area contributed by atoms with Crippen LogP contribution in [-0.2, 0) is 24.1 Å². The summed E-state index contributed by atoms with van der Waals surface area (Å²) in [7, 11) is 1.84. The number of rotatable bonds is 7. The van der Waals surface area contributed by atoms with Crippen molar-refractivity contribution < 1.29 is 9.18 Å². The summed E-state index contributed by atoms with van der Waals surface area (Å²) in [6, 6.07) is 13.6. The summed E-state index contributed by atoms with van der Waals surface area (Å²) in [6.45, 7) is 0.256. The minimum atomic E-state index is -0.256. The van der Waals surface area contributed by atoms with Gasteiger partial charge in [0.25, 0.3) is 0 Å². The summed E-state index contributed by atoms with van der Waals surface area (Å²) in [5.41, 5.74) is 1.77. The van der Waals surface area contributed by atoms with Gasteiger partial charge in [-0.05, 0) is 35.4 Å². The highest BCUT2D eigenvalue weighted by Gasteiger charge is 2.10. The molecule has 0 bridgehead atoms. The SMILES string of the molecule is Cn1c(CNC(=O)C=Cc2ccccc2Cl)nnc1SCc1ccc(F)cc1. The molecule has 28 heavy (non-hydrogen) atoms. The smallest absolute Gasteiger partial charge is 0.244 e. The minimum absolute atomic E-state index is 0.247. The van der Waals surface area contributed by atoms with Crippen LogP contribution in [0.1, 0.15) is 17.0 Å². The van der Waals surface area contributed by atoms with Crippen LogP contribution in [0.4, 0.5) is 4.39 Å². The van der Waals surface area contributed by atoms with Gasteiger partial charge in [-0.2, -0.15) is 0 Å². The molecule has 0 fully saturated rings. The monoisotopic (exact) mass is 416 g/mol. The van der Waals surface area contributed by atoms with Crippen LogP contribution in [-0.4, -0.2) is 20.7 Å². The first-order chi connectivity index (χ1) is 13.5. The van der Waals surface area contributed by atoms with E-state index in [1.807, 2.05) is 29.8 Å². The van der Waals surface area contributed by atoms with E-state index in [0.717, 1.165) is 16.3 Å². The normalized spacial score (nSPS) is 11.1. The minimum Gasteiger partial charge on any atom is -0.345 e. The Hall–Kier alpha value is -2.64. The van der Waals surface area contributed by atoms with Gasteiger partial charge in [0, 0.05) is 23.9 Å². The Bertz CT molecular complexity index is 988. The zero-order valence-electron chi connectivity index (χ0n) is 15.1. The van der Waals surface area contributed by atoms with Gasteiger partial charge < -0.3 is 9.88 Å². The maximum absolute atomic E-state index is 13.0. The van der Waals surface area contributed by atoms with Gasteiger partial charge in [0.2, 0.25) is 5.91 Å². The zero-order valence-corrected chi connectivity index (χ0v) is 16.7. The van der Waals surface area contributed by atoms with Crippen molar-refractivity contribution in [2.75, 3.05) is 0 Å². The van der Waals surface area contributed by atoms with E-state index in [1.54, 1.807) is 24.3 Å². The molecule has 3 rings (SSSR count). The molecular weight excluding hydrogens is 399 g/mol. The zero-order chi connectivity index (χ0) is 19.9. The molecule has 2 aromatic carbocycles. The van der Waals surface area contributed by atoms with Gasteiger partial charge in [0.05, 0.1) is 6.54 Å². The number of nitrogens with one attached hydrogen (secondary N) is 1. The predicted molar refractivity (Wildman–Crippen MR) is 109 cm³/mol. The Labute approximate surface area is 171 Å². The van der Waals surface area contributed by atoms with Gasteiger partial charge in [-0.25, -0.2) is 4.39 Å². The van der Waals surface area contributed by atoms with E-state index in [9.17, 15) is 9.18 Å². The van der Waals surface area contributed by atoms with Crippen LogP contribution in [0.15, 0.2) is 59.8 Å². The van der Waals surface area contributed by atoms with Crippen LogP contribution in [0.25, 0.3) is 6.08 Å². The fraction of sp³-hybridized carbons (Fsp3) is 0.150. The summed E-state index contributed by atoms with van der Waals surface area (Å²) in [4.78, 5) is 12.0. The highest BCUT2D eigenvalue weighted by atomic mass is 35.5. The second-order valence-corrected chi connectivity index (χ2v) is 7.30. The number of nitrogens with zero attached hydrogens (tertiary/aromatic N) is 3. The number of carbonyl (C=O) groups excluding carboxylic acids is 1. The fourth-order valence-corrected chi connectivity index (χ4v) is 3.44. The summed E-state index contributed by atoms with van der Waals surface area (Å²) >= 11 is 7.56. The van der Waals surface area contributed by atoms with E-state index < -0.39 is 0 Å². The van der Waals surface area contributed by atoms with Gasteiger partial charge in [-0.15, -0.1) is 10.2 Å². The number of benzene rings is 2. The van der Waals surface area contributed by atoms with Crippen molar-refractivity contribution in [1.29, 1.82) is 0 Å². The molecule has 1 N–H and O–H groups in total. The van der Waals surface area contributed by atoms with Crippen molar-refractivity contribution in [2.45, 2.75) is 17.5 Å². The lowest BCUT2D eigenvalue weighted by Gasteiger charge is -2.05. The maximum atomic E-state index is 13.0. The van der Waals surface area contributed by atoms with Crippen LogP contribution < -0.4 is 5.32 Å². The second-order valence-electron chi connectivity index (χ2n) is 5.95. The first kappa shape index (κ1) is 20.1. The third-order valence-corrected chi connectivity index (χ3v) is 5.38.